The zero-order chi connectivity index (χ0) is 15.3. The van der Waals surface area contributed by atoms with Crippen molar-refractivity contribution in [3.63, 3.8) is 0 Å². The number of nitrogen functional groups attached to an aromatic ring is 1. The Morgan fingerprint density at radius 3 is 2.41 bits per heavy atom. The molecule has 124 valence electrons. The van der Waals surface area contributed by atoms with Crippen molar-refractivity contribution in [1.29, 1.82) is 0 Å². The van der Waals surface area contributed by atoms with Gasteiger partial charge >= 0.3 is 5.97 Å². The second-order valence-corrected chi connectivity index (χ2v) is 6.75. The van der Waals surface area contributed by atoms with E-state index in [1.165, 1.54) is 32.1 Å². The number of ether oxygens (including phenoxy) is 1. The topological polar surface area (TPSA) is 68.9 Å². The molecule has 0 unspecified atom stereocenters. The summed E-state index contributed by atoms with van der Waals surface area (Å²) >= 11 is 0. The summed E-state index contributed by atoms with van der Waals surface area (Å²) < 4.78 is 5.46. The second kappa shape index (κ2) is 8.39. The van der Waals surface area contributed by atoms with E-state index in [0.717, 1.165) is 0 Å². The van der Waals surface area contributed by atoms with E-state index in [1.54, 1.807) is 24.3 Å². The van der Waals surface area contributed by atoms with Crippen LogP contribution in [0, 0.1) is 0 Å². The third-order valence-electron chi connectivity index (χ3n) is 4.06. The Kier molecular flexibility index (Phi) is 7.17. The van der Waals surface area contributed by atoms with Gasteiger partial charge in [0.25, 0.3) is 0 Å². The number of nitrogens with two attached hydrogens (primary N) is 2. The van der Waals surface area contributed by atoms with Gasteiger partial charge in [-0.3, -0.25) is 0 Å². The Morgan fingerprint density at radius 1 is 1.23 bits per heavy atom. The van der Waals surface area contributed by atoms with Gasteiger partial charge in [0.15, 0.2) is 0 Å². The number of carbonyl (C=O) groups excluding carboxylic acids is 1. The van der Waals surface area contributed by atoms with Crippen molar-refractivity contribution in [2.45, 2.75) is 57.5 Å². The van der Waals surface area contributed by atoms with Crippen molar-refractivity contribution in [2.24, 2.45) is 0 Å². The molecule has 2 rings (SSSR count). The molecule has 4 nitrogen and oxygen atoms in total. The van der Waals surface area contributed by atoms with Gasteiger partial charge in [-0.05, 0) is 63.8 Å². The third-order valence-corrected chi connectivity index (χ3v) is 4.06. The first-order valence-corrected chi connectivity index (χ1v) is 7.85. The van der Waals surface area contributed by atoms with E-state index >= 15 is 0 Å². The predicted octanol–water partition coefficient (Wildman–Crippen LogP) is -0.896. The largest absolute Gasteiger partial charge is 1.00 e. The van der Waals surface area contributed by atoms with Crippen LogP contribution in [0.5, 0.6) is 0 Å². The molecule has 0 heterocycles. The molecule has 1 saturated carbocycles. The summed E-state index contributed by atoms with van der Waals surface area (Å²) in [5.74, 6) is -0.278. The highest BCUT2D eigenvalue weighted by atomic mass is 35.5. The van der Waals surface area contributed by atoms with Gasteiger partial charge in [0, 0.05) is 5.69 Å². The van der Waals surface area contributed by atoms with E-state index in [1.807, 2.05) is 0 Å². The summed E-state index contributed by atoms with van der Waals surface area (Å²) in [7, 11) is 0. The Morgan fingerprint density at radius 2 is 1.82 bits per heavy atom. The van der Waals surface area contributed by atoms with E-state index in [2.05, 4.69) is 19.2 Å². The Balaban J connectivity index is 0.00000242. The molecular weight excluding hydrogens is 300 g/mol. The molecule has 0 amide bonds. The van der Waals surface area contributed by atoms with Gasteiger partial charge in [-0.15, -0.1) is 0 Å². The molecule has 1 aliphatic carbocycles. The minimum atomic E-state index is -0.278. The van der Waals surface area contributed by atoms with Crippen molar-refractivity contribution in [2.75, 3.05) is 12.3 Å². The maximum absolute atomic E-state index is 12.0. The lowest BCUT2D eigenvalue weighted by molar-refractivity contribution is -0.753. The number of hydrogen-bond acceptors (Lipinski definition) is 3. The lowest BCUT2D eigenvalue weighted by Gasteiger charge is -2.30. The summed E-state index contributed by atoms with van der Waals surface area (Å²) in [4.78, 5) is 12.0. The standard InChI is InChI=1S/C17H26N2O2.ClH/c1-17(2,19-15-6-4-3-5-7-15)12-21-16(20)13-8-10-14(18)11-9-13;/h8-11,15,19H,3-7,12,18H2,1-2H3;1H. The van der Waals surface area contributed by atoms with Crippen molar-refractivity contribution in [1.82, 2.24) is 0 Å². The zero-order valence-electron chi connectivity index (χ0n) is 13.5. The van der Waals surface area contributed by atoms with E-state index in [9.17, 15) is 4.79 Å². The Hall–Kier alpha value is -1.26. The van der Waals surface area contributed by atoms with Crippen LogP contribution in [-0.4, -0.2) is 24.2 Å². The molecule has 0 atom stereocenters. The maximum Gasteiger partial charge on any atom is 0.338 e. The fourth-order valence-electron chi connectivity index (χ4n) is 2.94. The van der Waals surface area contributed by atoms with Gasteiger partial charge in [-0.25, -0.2) is 4.79 Å². The number of hydrogen-bond donors (Lipinski definition) is 2. The molecule has 1 aromatic rings. The van der Waals surface area contributed by atoms with Crippen LogP contribution in [0.25, 0.3) is 0 Å². The van der Waals surface area contributed by atoms with E-state index in [4.69, 9.17) is 10.5 Å². The van der Waals surface area contributed by atoms with E-state index in [-0.39, 0.29) is 23.9 Å². The van der Waals surface area contributed by atoms with Crippen molar-refractivity contribution in [3.8, 4) is 0 Å². The molecule has 1 aliphatic rings. The Bertz CT molecular complexity index is 468. The lowest BCUT2D eigenvalue weighted by Crippen LogP contribution is -3.00. The van der Waals surface area contributed by atoms with Crippen LogP contribution in [-0.2, 0) is 4.74 Å². The SMILES string of the molecule is CC(C)(COC(=O)c1ccc(N)cc1)[NH2+]C1CCCCC1.[Cl-]. The van der Waals surface area contributed by atoms with Gasteiger partial charge in [-0.2, -0.15) is 0 Å². The molecule has 5 heteroatoms. The molecule has 0 aromatic heterocycles. The van der Waals surface area contributed by atoms with Crippen LogP contribution in [0.4, 0.5) is 5.69 Å². The first kappa shape index (κ1) is 18.8. The molecule has 0 bridgehead atoms. The molecule has 0 saturated heterocycles. The number of benzene rings is 1. The predicted molar refractivity (Wildman–Crippen MR) is 84.0 cm³/mol. The second-order valence-electron chi connectivity index (χ2n) is 6.75. The maximum atomic E-state index is 12.0. The van der Waals surface area contributed by atoms with Crippen LogP contribution < -0.4 is 23.5 Å². The molecule has 22 heavy (non-hydrogen) atoms. The van der Waals surface area contributed by atoms with Gasteiger partial charge in [0.1, 0.15) is 12.1 Å². The van der Waals surface area contributed by atoms with E-state index in [0.29, 0.717) is 23.9 Å². The highest BCUT2D eigenvalue weighted by Crippen LogP contribution is 2.16. The van der Waals surface area contributed by atoms with E-state index < -0.39 is 0 Å². The number of halogens is 1. The van der Waals surface area contributed by atoms with Crippen LogP contribution in [0.1, 0.15) is 56.3 Å². The van der Waals surface area contributed by atoms with Crippen molar-refractivity contribution in [3.05, 3.63) is 29.8 Å². The number of anilines is 1. The highest BCUT2D eigenvalue weighted by molar-refractivity contribution is 5.89. The summed E-state index contributed by atoms with van der Waals surface area (Å²) in [5.41, 5.74) is 6.74. The number of carbonyl (C=O) groups is 1. The molecule has 0 aliphatic heterocycles. The number of quaternary nitrogens is 1. The van der Waals surface area contributed by atoms with Crippen LogP contribution in [0.2, 0.25) is 0 Å². The van der Waals surface area contributed by atoms with Gasteiger partial charge in [0.05, 0.1) is 11.6 Å². The Labute approximate surface area is 139 Å². The summed E-state index contributed by atoms with van der Waals surface area (Å²) in [6, 6.07) is 7.51. The average Bonchev–Trinajstić information content (AvgIpc) is 2.46. The minimum Gasteiger partial charge on any atom is -1.00 e. The minimum absolute atomic E-state index is 0. The summed E-state index contributed by atoms with van der Waals surface area (Å²) in [6.45, 7) is 4.70. The fourth-order valence-corrected chi connectivity index (χ4v) is 2.94. The normalized spacial score (nSPS) is 15.9. The summed E-state index contributed by atoms with van der Waals surface area (Å²) in [5, 5.41) is 2.38. The van der Waals surface area contributed by atoms with Crippen molar-refractivity contribution < 1.29 is 27.3 Å². The fraction of sp³-hybridized carbons (Fsp3) is 0.588. The highest BCUT2D eigenvalue weighted by Gasteiger charge is 2.29. The van der Waals surface area contributed by atoms with Crippen molar-refractivity contribution >= 4 is 11.7 Å². The zero-order valence-corrected chi connectivity index (χ0v) is 14.2. The lowest BCUT2D eigenvalue weighted by atomic mass is 9.93. The molecule has 1 fully saturated rings. The number of esters is 1. The monoisotopic (exact) mass is 326 g/mol. The molecule has 1 aromatic carbocycles. The van der Waals surface area contributed by atoms with Gasteiger partial charge in [-0.1, -0.05) is 6.42 Å². The molecule has 0 radical (unpaired) electrons. The van der Waals surface area contributed by atoms with Gasteiger partial charge in [0.2, 0.25) is 0 Å². The average molecular weight is 327 g/mol. The molecule has 4 N–H and O–H groups in total. The molecule has 0 spiro atoms. The van der Waals surface area contributed by atoms with Crippen LogP contribution >= 0.6 is 0 Å². The molecular formula is C17H27ClN2O2. The quantitative estimate of drug-likeness (QED) is 0.544. The first-order chi connectivity index (χ1) is 9.96. The van der Waals surface area contributed by atoms with Gasteiger partial charge < -0.3 is 28.2 Å². The smallest absolute Gasteiger partial charge is 0.338 e. The number of rotatable bonds is 5. The van der Waals surface area contributed by atoms with Crippen LogP contribution in [0.3, 0.4) is 0 Å². The van der Waals surface area contributed by atoms with Crippen LogP contribution in [0.15, 0.2) is 24.3 Å². The summed E-state index contributed by atoms with van der Waals surface area (Å²) in [6.07, 6.45) is 6.55. The first-order valence-electron chi connectivity index (χ1n) is 7.85. The third kappa shape index (κ3) is 5.85.